The maximum atomic E-state index is 14.5. The highest BCUT2D eigenvalue weighted by molar-refractivity contribution is 6.31. The molecule has 0 spiro atoms. The number of rotatable bonds is 6. The molecule has 0 amide bonds. The quantitative estimate of drug-likeness (QED) is 0.119. The zero-order valence-corrected chi connectivity index (χ0v) is 22.6. The Kier molecular flexibility index (Phi) is 9.02. The maximum Gasteiger partial charge on any atom is 0.419 e. The van der Waals surface area contributed by atoms with Crippen LogP contribution in [0.5, 0.6) is 11.5 Å². The molecule has 0 saturated carbocycles. The SMILES string of the molecule is O=C(Oc1ccc(Cl)cc1Cc1cc(Cl)ccc1OC(=O)c1cccc(C(F)(F)F)c1F)c1cccc(C(F)(F)F)c1F. The molecule has 0 heterocycles. The average Bonchev–Trinajstić information content (AvgIpc) is 2.90. The van der Waals surface area contributed by atoms with Gasteiger partial charge in [-0.2, -0.15) is 26.3 Å². The van der Waals surface area contributed by atoms with E-state index in [0.717, 1.165) is 24.3 Å². The molecule has 4 aromatic rings. The van der Waals surface area contributed by atoms with Crippen LogP contribution in [0.1, 0.15) is 43.0 Å². The Morgan fingerprint density at radius 3 is 1.33 bits per heavy atom. The van der Waals surface area contributed by atoms with Crippen LogP contribution in [-0.4, -0.2) is 11.9 Å². The molecule has 0 unspecified atom stereocenters. The lowest BCUT2D eigenvalue weighted by atomic mass is 10.0. The number of ether oxygens (including phenoxy) is 2. The Bertz CT molecular complexity index is 1590. The minimum Gasteiger partial charge on any atom is -0.423 e. The van der Waals surface area contributed by atoms with Gasteiger partial charge in [-0.15, -0.1) is 0 Å². The van der Waals surface area contributed by atoms with Crippen LogP contribution >= 0.6 is 23.2 Å². The summed E-state index contributed by atoms with van der Waals surface area (Å²) >= 11 is 12.1. The standard InChI is InChI=1S/C29H14Cl2F8O4/c30-16-7-9-22(42-26(40)18-3-1-5-20(24(18)32)28(34,35)36)14(12-16)11-15-13-17(31)8-10-23(15)43-27(41)19-4-2-6-21(25(19)33)29(37,38)39/h1-10,12-13H,11H2. The first-order chi connectivity index (χ1) is 20.1. The van der Waals surface area contributed by atoms with Gasteiger partial charge in [0.1, 0.15) is 23.1 Å². The van der Waals surface area contributed by atoms with Crippen molar-refractivity contribution in [3.8, 4) is 11.5 Å². The molecule has 0 aliphatic carbocycles. The molecule has 224 valence electrons. The molecule has 0 aliphatic heterocycles. The van der Waals surface area contributed by atoms with Crippen molar-refractivity contribution in [2.45, 2.75) is 18.8 Å². The van der Waals surface area contributed by atoms with Gasteiger partial charge in [-0.25, -0.2) is 18.4 Å². The van der Waals surface area contributed by atoms with Crippen LogP contribution in [0.3, 0.4) is 0 Å². The predicted molar refractivity (Wildman–Crippen MR) is 138 cm³/mol. The normalized spacial score (nSPS) is 11.8. The summed E-state index contributed by atoms with van der Waals surface area (Å²) < 4.78 is 118. The highest BCUT2D eigenvalue weighted by Gasteiger charge is 2.37. The summed E-state index contributed by atoms with van der Waals surface area (Å²) in [6.45, 7) is 0. The molecule has 0 saturated heterocycles. The van der Waals surface area contributed by atoms with Crippen molar-refractivity contribution in [1.29, 1.82) is 0 Å². The van der Waals surface area contributed by atoms with Crippen molar-refractivity contribution in [3.63, 3.8) is 0 Å². The second-order valence-corrected chi connectivity index (χ2v) is 9.66. The first-order valence-corrected chi connectivity index (χ1v) is 12.5. The van der Waals surface area contributed by atoms with E-state index >= 15 is 0 Å². The second-order valence-electron chi connectivity index (χ2n) is 8.79. The lowest BCUT2D eigenvalue weighted by Gasteiger charge is -2.15. The Morgan fingerprint density at radius 1 is 0.605 bits per heavy atom. The van der Waals surface area contributed by atoms with E-state index in [2.05, 4.69) is 0 Å². The van der Waals surface area contributed by atoms with Gasteiger partial charge in [0.05, 0.1) is 22.3 Å². The van der Waals surface area contributed by atoms with Crippen LogP contribution < -0.4 is 9.47 Å². The van der Waals surface area contributed by atoms with Gasteiger partial charge in [-0.3, -0.25) is 0 Å². The minimum atomic E-state index is -5.08. The van der Waals surface area contributed by atoms with Crippen LogP contribution in [0, 0.1) is 11.6 Å². The van der Waals surface area contributed by atoms with Crippen molar-refractivity contribution in [2.24, 2.45) is 0 Å². The summed E-state index contributed by atoms with van der Waals surface area (Å²) in [7, 11) is 0. The first-order valence-electron chi connectivity index (χ1n) is 11.8. The number of carbonyl (C=O) groups is 2. The number of carbonyl (C=O) groups excluding carboxylic acids is 2. The number of hydrogen-bond donors (Lipinski definition) is 0. The van der Waals surface area contributed by atoms with Crippen LogP contribution in [-0.2, 0) is 18.8 Å². The van der Waals surface area contributed by atoms with Gasteiger partial charge in [-0.05, 0) is 60.7 Å². The van der Waals surface area contributed by atoms with Crippen molar-refractivity contribution < 1.29 is 54.2 Å². The maximum absolute atomic E-state index is 14.5. The van der Waals surface area contributed by atoms with E-state index in [9.17, 15) is 44.7 Å². The summed E-state index contributed by atoms with van der Waals surface area (Å²) in [4.78, 5) is 25.4. The number of hydrogen-bond acceptors (Lipinski definition) is 4. The van der Waals surface area contributed by atoms with Gasteiger partial charge in [0.15, 0.2) is 0 Å². The Balaban J connectivity index is 1.66. The molecule has 43 heavy (non-hydrogen) atoms. The molecule has 4 nitrogen and oxygen atoms in total. The molecule has 0 fully saturated rings. The fourth-order valence-electron chi connectivity index (χ4n) is 3.90. The predicted octanol–water partition coefficient (Wildman–Crippen LogP) is 9.34. The number of esters is 2. The molecule has 4 rings (SSSR count). The Hall–Kier alpha value is -4.16. The Labute approximate surface area is 247 Å². The molecular weight excluding hydrogens is 635 g/mol. The van der Waals surface area contributed by atoms with Crippen molar-refractivity contribution in [2.75, 3.05) is 0 Å². The molecule has 0 aliphatic rings. The lowest BCUT2D eigenvalue weighted by Crippen LogP contribution is -2.17. The molecular formula is C29H14Cl2F8O4. The zero-order chi connectivity index (χ0) is 31.7. The van der Waals surface area contributed by atoms with E-state index in [0.29, 0.717) is 12.1 Å². The number of benzene rings is 4. The fourth-order valence-corrected chi connectivity index (χ4v) is 4.29. The van der Waals surface area contributed by atoms with Crippen LogP contribution in [0.2, 0.25) is 10.0 Å². The monoisotopic (exact) mass is 648 g/mol. The van der Waals surface area contributed by atoms with Gasteiger partial charge in [-0.1, -0.05) is 35.3 Å². The third-order valence-electron chi connectivity index (χ3n) is 5.88. The van der Waals surface area contributed by atoms with E-state index in [-0.39, 0.29) is 39.1 Å². The molecule has 0 radical (unpaired) electrons. The third-order valence-corrected chi connectivity index (χ3v) is 6.35. The Morgan fingerprint density at radius 2 is 0.977 bits per heavy atom. The minimum absolute atomic E-state index is 0.0815. The van der Waals surface area contributed by atoms with Gasteiger partial charge in [0.2, 0.25) is 0 Å². The van der Waals surface area contributed by atoms with E-state index in [1.807, 2.05) is 0 Å². The van der Waals surface area contributed by atoms with Crippen LogP contribution in [0.15, 0.2) is 72.8 Å². The second kappa shape index (κ2) is 12.2. The molecule has 0 atom stereocenters. The van der Waals surface area contributed by atoms with Gasteiger partial charge >= 0.3 is 24.3 Å². The van der Waals surface area contributed by atoms with Gasteiger partial charge in [0, 0.05) is 27.6 Å². The fraction of sp³-hybridized carbons (Fsp3) is 0.103. The van der Waals surface area contributed by atoms with Crippen molar-refractivity contribution >= 4 is 35.1 Å². The topological polar surface area (TPSA) is 52.6 Å². The summed E-state index contributed by atoms with van der Waals surface area (Å²) in [5, 5.41) is 0.207. The average molecular weight is 649 g/mol. The summed E-state index contributed by atoms with van der Waals surface area (Å²) in [6.07, 6.45) is -10.4. The highest BCUT2D eigenvalue weighted by Crippen LogP contribution is 2.36. The zero-order valence-electron chi connectivity index (χ0n) is 21.0. The summed E-state index contributed by atoms with van der Waals surface area (Å²) in [5.41, 5.74) is -5.20. The van der Waals surface area contributed by atoms with Crippen molar-refractivity contribution in [1.82, 2.24) is 0 Å². The third kappa shape index (κ3) is 7.26. The van der Waals surface area contributed by atoms with E-state index in [1.165, 1.54) is 36.4 Å². The highest BCUT2D eigenvalue weighted by atomic mass is 35.5. The lowest BCUT2D eigenvalue weighted by molar-refractivity contribution is -0.140. The number of alkyl halides is 6. The van der Waals surface area contributed by atoms with Crippen molar-refractivity contribution in [3.05, 3.63) is 128 Å². The van der Waals surface area contributed by atoms with Gasteiger partial charge < -0.3 is 9.47 Å². The molecule has 0 aromatic heterocycles. The van der Waals surface area contributed by atoms with E-state index in [4.69, 9.17) is 32.7 Å². The summed E-state index contributed by atoms with van der Waals surface area (Å²) in [6, 6.07) is 11.6. The molecule has 4 aromatic carbocycles. The summed E-state index contributed by atoms with van der Waals surface area (Å²) in [5.74, 6) is -7.17. The molecule has 0 bridgehead atoms. The van der Waals surface area contributed by atoms with Gasteiger partial charge in [0.25, 0.3) is 0 Å². The van der Waals surface area contributed by atoms with Crippen LogP contribution in [0.25, 0.3) is 0 Å². The largest absolute Gasteiger partial charge is 0.423 e. The smallest absolute Gasteiger partial charge is 0.419 e. The first kappa shape index (κ1) is 31.8. The van der Waals surface area contributed by atoms with E-state index in [1.54, 1.807) is 0 Å². The number of halogens is 10. The van der Waals surface area contributed by atoms with Crippen LogP contribution in [0.4, 0.5) is 35.1 Å². The van der Waals surface area contributed by atoms with E-state index < -0.39 is 58.2 Å². The molecule has 0 N–H and O–H groups in total. The molecule has 14 heteroatoms.